The van der Waals surface area contributed by atoms with E-state index in [1.807, 2.05) is 24.3 Å². The molecule has 1 aromatic carbocycles. The van der Waals surface area contributed by atoms with Gasteiger partial charge >= 0.3 is 5.97 Å². The van der Waals surface area contributed by atoms with Gasteiger partial charge in [-0.3, -0.25) is 4.98 Å². The molecular weight excluding hydrogens is 270 g/mol. The van der Waals surface area contributed by atoms with Gasteiger partial charge in [-0.2, -0.15) is 0 Å². The van der Waals surface area contributed by atoms with Gasteiger partial charge in [0, 0.05) is 12.3 Å². The van der Waals surface area contributed by atoms with Crippen LogP contribution in [0.2, 0.25) is 0 Å². The molecule has 106 valence electrons. The molecule has 0 amide bonds. The highest BCUT2D eigenvalue weighted by Crippen LogP contribution is 2.32. The summed E-state index contributed by atoms with van der Waals surface area (Å²) in [6.07, 6.45) is 4.70. The van der Waals surface area contributed by atoms with Crippen molar-refractivity contribution in [2.45, 2.75) is 6.61 Å². The lowest BCUT2D eigenvalue weighted by Crippen LogP contribution is -2.01. The van der Waals surface area contributed by atoms with Crippen molar-refractivity contribution in [2.24, 2.45) is 0 Å². The lowest BCUT2D eigenvalue weighted by molar-refractivity contribution is -0.139. The average Bonchev–Trinajstić information content (AvgIpc) is 2.99. The Labute approximate surface area is 121 Å². The summed E-state index contributed by atoms with van der Waals surface area (Å²) in [5.41, 5.74) is 1.55. The van der Waals surface area contributed by atoms with Crippen LogP contribution in [0.3, 0.4) is 0 Å². The molecule has 21 heavy (non-hydrogen) atoms. The summed E-state index contributed by atoms with van der Waals surface area (Å²) in [6.45, 7) is 0.389. The highest BCUT2D eigenvalue weighted by Gasteiger charge is 2.12. The van der Waals surface area contributed by atoms with Gasteiger partial charge in [-0.15, -0.1) is 0 Å². The number of carbonyl (C=O) groups is 1. The van der Waals surface area contributed by atoms with E-state index in [1.165, 1.54) is 6.08 Å². The molecule has 2 heterocycles. The van der Waals surface area contributed by atoms with E-state index in [0.717, 1.165) is 5.56 Å². The Morgan fingerprint density at radius 1 is 1.24 bits per heavy atom. The highest BCUT2D eigenvalue weighted by molar-refractivity contribution is 5.87. The van der Waals surface area contributed by atoms with Crippen LogP contribution in [0.15, 0.2) is 48.7 Å². The van der Waals surface area contributed by atoms with Crippen LogP contribution in [0.25, 0.3) is 6.08 Å². The molecule has 0 aliphatic carbocycles. The molecule has 1 aromatic heterocycles. The Hall–Kier alpha value is -2.82. The van der Waals surface area contributed by atoms with E-state index in [9.17, 15) is 4.79 Å². The first-order valence-electron chi connectivity index (χ1n) is 6.46. The van der Waals surface area contributed by atoms with Crippen LogP contribution in [-0.2, 0) is 16.1 Å². The number of ether oxygens (including phenoxy) is 3. The van der Waals surface area contributed by atoms with Gasteiger partial charge in [0.05, 0.1) is 5.69 Å². The summed E-state index contributed by atoms with van der Waals surface area (Å²) in [5, 5.41) is 0. The normalized spacial score (nSPS) is 12.6. The Morgan fingerprint density at radius 3 is 3.00 bits per heavy atom. The van der Waals surface area contributed by atoms with Gasteiger partial charge in [-0.05, 0) is 35.9 Å². The summed E-state index contributed by atoms with van der Waals surface area (Å²) >= 11 is 0. The molecule has 1 aliphatic heterocycles. The molecule has 0 atom stereocenters. The Balaban J connectivity index is 1.57. The molecule has 0 bridgehead atoms. The van der Waals surface area contributed by atoms with Crippen LogP contribution in [0.1, 0.15) is 11.3 Å². The molecule has 5 nitrogen and oxygen atoms in total. The monoisotopic (exact) mass is 283 g/mol. The Kier molecular flexibility index (Phi) is 3.82. The van der Waals surface area contributed by atoms with E-state index in [4.69, 9.17) is 14.2 Å². The fourth-order valence-electron chi connectivity index (χ4n) is 1.86. The van der Waals surface area contributed by atoms with Crippen molar-refractivity contribution in [1.82, 2.24) is 4.98 Å². The number of nitrogens with zero attached hydrogens (tertiary/aromatic N) is 1. The van der Waals surface area contributed by atoms with Gasteiger partial charge in [0.1, 0.15) is 6.61 Å². The van der Waals surface area contributed by atoms with Crippen LogP contribution in [0, 0.1) is 0 Å². The summed E-state index contributed by atoms with van der Waals surface area (Å²) in [6, 6.07) is 10.9. The third-order valence-electron chi connectivity index (χ3n) is 2.90. The molecule has 2 aromatic rings. The SMILES string of the molecule is O=C(C=Cc1ccc2c(c1)OCO2)OCc1ccccn1. The first-order chi connectivity index (χ1) is 10.3. The van der Waals surface area contributed by atoms with Crippen LogP contribution < -0.4 is 9.47 Å². The van der Waals surface area contributed by atoms with E-state index in [2.05, 4.69) is 4.98 Å². The molecule has 0 saturated carbocycles. The fraction of sp³-hybridized carbons (Fsp3) is 0.125. The van der Waals surface area contributed by atoms with Crippen LogP contribution in [-0.4, -0.2) is 17.7 Å². The van der Waals surface area contributed by atoms with Crippen LogP contribution >= 0.6 is 0 Å². The topological polar surface area (TPSA) is 57.7 Å². The predicted molar refractivity (Wildman–Crippen MR) is 75.6 cm³/mol. The number of carbonyl (C=O) groups excluding carboxylic acids is 1. The molecule has 0 saturated heterocycles. The van der Waals surface area contributed by atoms with Crippen molar-refractivity contribution in [1.29, 1.82) is 0 Å². The Morgan fingerprint density at radius 2 is 2.14 bits per heavy atom. The minimum Gasteiger partial charge on any atom is -0.456 e. The second kappa shape index (κ2) is 6.09. The average molecular weight is 283 g/mol. The largest absolute Gasteiger partial charge is 0.456 e. The third kappa shape index (κ3) is 3.39. The van der Waals surface area contributed by atoms with Gasteiger partial charge in [0.15, 0.2) is 11.5 Å². The van der Waals surface area contributed by atoms with Crippen molar-refractivity contribution in [3.63, 3.8) is 0 Å². The van der Waals surface area contributed by atoms with Crippen molar-refractivity contribution in [3.05, 3.63) is 59.9 Å². The first-order valence-corrected chi connectivity index (χ1v) is 6.46. The maximum Gasteiger partial charge on any atom is 0.331 e. The van der Waals surface area contributed by atoms with Crippen LogP contribution in [0.4, 0.5) is 0 Å². The summed E-state index contributed by atoms with van der Waals surface area (Å²) < 4.78 is 15.6. The molecular formula is C16H13NO4. The number of aromatic nitrogens is 1. The lowest BCUT2D eigenvalue weighted by Gasteiger charge is -2.01. The number of fused-ring (bicyclic) bond motifs is 1. The third-order valence-corrected chi connectivity index (χ3v) is 2.90. The second-order valence-corrected chi connectivity index (χ2v) is 4.37. The van der Waals surface area contributed by atoms with E-state index in [0.29, 0.717) is 17.2 Å². The maximum absolute atomic E-state index is 11.6. The van der Waals surface area contributed by atoms with Crippen molar-refractivity contribution >= 4 is 12.0 Å². The predicted octanol–water partition coefficient (Wildman–Crippen LogP) is 2.57. The number of benzene rings is 1. The fourth-order valence-corrected chi connectivity index (χ4v) is 1.86. The molecule has 0 spiro atoms. The van der Waals surface area contributed by atoms with Gasteiger partial charge in [0.2, 0.25) is 6.79 Å². The zero-order valence-electron chi connectivity index (χ0n) is 11.2. The van der Waals surface area contributed by atoms with Crippen molar-refractivity contribution in [3.8, 4) is 11.5 Å². The molecule has 1 aliphatic rings. The molecule has 0 N–H and O–H groups in total. The van der Waals surface area contributed by atoms with Gasteiger partial charge in [-0.25, -0.2) is 4.79 Å². The van der Waals surface area contributed by atoms with E-state index in [-0.39, 0.29) is 13.4 Å². The zero-order valence-corrected chi connectivity index (χ0v) is 11.2. The number of pyridine rings is 1. The van der Waals surface area contributed by atoms with E-state index in [1.54, 1.807) is 24.4 Å². The standard InChI is InChI=1S/C16H13NO4/c18-16(19-10-13-3-1-2-8-17-13)7-5-12-4-6-14-15(9-12)21-11-20-14/h1-9H,10-11H2. The van der Waals surface area contributed by atoms with E-state index >= 15 is 0 Å². The summed E-state index contributed by atoms with van der Waals surface area (Å²) in [4.78, 5) is 15.7. The molecule has 5 heteroatoms. The number of hydrogen-bond acceptors (Lipinski definition) is 5. The minimum absolute atomic E-state index is 0.158. The summed E-state index contributed by atoms with van der Waals surface area (Å²) in [7, 11) is 0. The molecule has 0 radical (unpaired) electrons. The quantitative estimate of drug-likeness (QED) is 0.637. The van der Waals surface area contributed by atoms with Crippen LogP contribution in [0.5, 0.6) is 11.5 Å². The number of rotatable bonds is 4. The van der Waals surface area contributed by atoms with Gasteiger partial charge in [-0.1, -0.05) is 12.1 Å². The minimum atomic E-state index is -0.418. The first kappa shape index (κ1) is 13.2. The zero-order chi connectivity index (χ0) is 14.5. The molecule has 0 fully saturated rings. The van der Waals surface area contributed by atoms with E-state index < -0.39 is 5.97 Å². The highest BCUT2D eigenvalue weighted by atomic mass is 16.7. The van der Waals surface area contributed by atoms with Crippen molar-refractivity contribution in [2.75, 3.05) is 6.79 Å². The van der Waals surface area contributed by atoms with Gasteiger partial charge in [0.25, 0.3) is 0 Å². The second-order valence-electron chi connectivity index (χ2n) is 4.37. The lowest BCUT2D eigenvalue weighted by atomic mass is 10.2. The van der Waals surface area contributed by atoms with Gasteiger partial charge < -0.3 is 14.2 Å². The number of esters is 1. The molecule has 0 unspecified atom stereocenters. The van der Waals surface area contributed by atoms with Crippen molar-refractivity contribution < 1.29 is 19.0 Å². The number of hydrogen-bond donors (Lipinski definition) is 0. The summed E-state index contributed by atoms with van der Waals surface area (Å²) in [5.74, 6) is 0.974. The smallest absolute Gasteiger partial charge is 0.331 e. The molecule has 3 rings (SSSR count). The maximum atomic E-state index is 11.6. The Bertz CT molecular complexity index is 667.